The van der Waals surface area contributed by atoms with Gasteiger partial charge in [-0.25, -0.2) is 4.79 Å². The first-order valence-electron chi connectivity index (χ1n) is 9.56. The largest absolute Gasteiger partial charge is 0.497 e. The van der Waals surface area contributed by atoms with Gasteiger partial charge in [-0.15, -0.1) is 0 Å². The second-order valence-electron chi connectivity index (χ2n) is 7.68. The van der Waals surface area contributed by atoms with Crippen LogP contribution in [-0.4, -0.2) is 32.3 Å². The maximum atomic E-state index is 12.2. The number of nitrogens with one attached hydrogen (secondary N) is 2. The van der Waals surface area contributed by atoms with Crippen molar-refractivity contribution >= 4 is 6.03 Å². The van der Waals surface area contributed by atoms with Gasteiger partial charge in [0.05, 0.1) is 13.7 Å². The summed E-state index contributed by atoms with van der Waals surface area (Å²) >= 11 is 0. The smallest absolute Gasteiger partial charge is 0.315 e. The van der Waals surface area contributed by atoms with Gasteiger partial charge in [0, 0.05) is 6.04 Å². The third-order valence-corrected chi connectivity index (χ3v) is 6.46. The van der Waals surface area contributed by atoms with Crippen LogP contribution in [0.5, 0.6) is 11.5 Å². The van der Waals surface area contributed by atoms with Crippen LogP contribution >= 0.6 is 0 Å². The number of benzene rings is 1. The third-order valence-electron chi connectivity index (χ3n) is 6.46. The van der Waals surface area contributed by atoms with E-state index in [4.69, 9.17) is 9.47 Å². The van der Waals surface area contributed by atoms with Gasteiger partial charge in [0.15, 0.2) is 0 Å². The first kappa shape index (κ1) is 16.6. The van der Waals surface area contributed by atoms with Gasteiger partial charge in [-0.1, -0.05) is 6.42 Å². The van der Waals surface area contributed by atoms with E-state index >= 15 is 0 Å². The van der Waals surface area contributed by atoms with E-state index in [-0.39, 0.29) is 6.03 Å². The number of urea groups is 1. The van der Waals surface area contributed by atoms with Crippen LogP contribution in [0.2, 0.25) is 0 Å². The highest BCUT2D eigenvalue weighted by Gasteiger charge is 2.53. The zero-order valence-corrected chi connectivity index (χ0v) is 14.9. The van der Waals surface area contributed by atoms with Crippen molar-refractivity contribution in [3.63, 3.8) is 0 Å². The van der Waals surface area contributed by atoms with Gasteiger partial charge < -0.3 is 20.1 Å². The van der Waals surface area contributed by atoms with E-state index in [1.165, 1.54) is 32.1 Å². The average molecular weight is 344 g/mol. The Morgan fingerprint density at radius 2 is 1.84 bits per heavy atom. The lowest BCUT2D eigenvalue weighted by Crippen LogP contribution is -2.47. The predicted molar refractivity (Wildman–Crippen MR) is 95.9 cm³/mol. The minimum absolute atomic E-state index is 0.0505. The number of ether oxygens (including phenoxy) is 2. The van der Waals surface area contributed by atoms with Gasteiger partial charge >= 0.3 is 6.03 Å². The molecule has 4 rings (SSSR count). The van der Waals surface area contributed by atoms with Gasteiger partial charge in [-0.3, -0.25) is 0 Å². The van der Waals surface area contributed by atoms with Crippen molar-refractivity contribution in [2.45, 2.75) is 38.1 Å². The Morgan fingerprint density at radius 1 is 1.08 bits per heavy atom. The molecule has 0 heterocycles. The molecule has 3 fully saturated rings. The van der Waals surface area contributed by atoms with Crippen LogP contribution in [0.4, 0.5) is 4.79 Å². The fraction of sp³-hybridized carbons (Fsp3) is 0.650. The molecule has 3 saturated carbocycles. The molecule has 0 unspecified atom stereocenters. The van der Waals surface area contributed by atoms with Crippen LogP contribution in [0.3, 0.4) is 0 Å². The minimum Gasteiger partial charge on any atom is -0.497 e. The number of carbonyl (C=O) groups excluding carboxylic acids is 1. The van der Waals surface area contributed by atoms with Crippen molar-refractivity contribution < 1.29 is 14.3 Å². The Kier molecular flexibility index (Phi) is 4.73. The molecule has 0 aliphatic heterocycles. The summed E-state index contributed by atoms with van der Waals surface area (Å²) in [5.41, 5.74) is 0. The second kappa shape index (κ2) is 7.14. The molecule has 5 nitrogen and oxygen atoms in total. The Morgan fingerprint density at radius 3 is 2.64 bits per heavy atom. The molecule has 0 saturated heterocycles. The summed E-state index contributed by atoms with van der Waals surface area (Å²) < 4.78 is 10.7. The summed E-state index contributed by atoms with van der Waals surface area (Å²) in [5.74, 6) is 5.01. The van der Waals surface area contributed by atoms with Crippen LogP contribution in [0.15, 0.2) is 24.3 Å². The molecule has 3 aliphatic carbocycles. The topological polar surface area (TPSA) is 59.6 Å². The van der Waals surface area contributed by atoms with E-state index < -0.39 is 0 Å². The molecule has 1 aromatic carbocycles. The molecule has 0 spiro atoms. The van der Waals surface area contributed by atoms with Gasteiger partial charge in [0.2, 0.25) is 0 Å². The van der Waals surface area contributed by atoms with E-state index in [1.54, 1.807) is 7.11 Å². The SMILES string of the molecule is COc1ccc(OCCNC(=O)N[C@@H]2C[C@H]3C[C@H]2[C@@H]2CCC[C@H]32)cc1. The predicted octanol–water partition coefficient (Wildman–Crippen LogP) is 3.20. The molecule has 2 amide bonds. The van der Waals surface area contributed by atoms with Crippen LogP contribution in [-0.2, 0) is 0 Å². The highest BCUT2D eigenvalue weighted by Crippen LogP contribution is 2.58. The summed E-state index contributed by atoms with van der Waals surface area (Å²) in [7, 11) is 1.64. The van der Waals surface area contributed by atoms with Gasteiger partial charge in [0.25, 0.3) is 0 Å². The van der Waals surface area contributed by atoms with Crippen molar-refractivity contribution in [1.29, 1.82) is 0 Å². The lowest BCUT2D eigenvalue weighted by atomic mass is 9.79. The molecule has 1 aromatic rings. The Balaban J connectivity index is 1.16. The number of hydrogen-bond donors (Lipinski definition) is 2. The van der Waals surface area contributed by atoms with E-state index in [0.717, 1.165) is 35.2 Å². The highest BCUT2D eigenvalue weighted by atomic mass is 16.5. The number of rotatable bonds is 6. The number of fused-ring (bicyclic) bond motifs is 5. The van der Waals surface area contributed by atoms with Gasteiger partial charge in [0.1, 0.15) is 18.1 Å². The lowest BCUT2D eigenvalue weighted by Gasteiger charge is -2.32. The Bertz CT molecular complexity index is 603. The van der Waals surface area contributed by atoms with E-state index in [2.05, 4.69) is 10.6 Å². The zero-order chi connectivity index (χ0) is 17.2. The van der Waals surface area contributed by atoms with Crippen molar-refractivity contribution in [3.8, 4) is 11.5 Å². The van der Waals surface area contributed by atoms with Crippen LogP contribution in [0.1, 0.15) is 32.1 Å². The molecule has 0 aromatic heterocycles. The molecule has 2 N–H and O–H groups in total. The lowest BCUT2D eigenvalue weighted by molar-refractivity contribution is 0.196. The quantitative estimate of drug-likeness (QED) is 0.779. The molecular weight excluding hydrogens is 316 g/mol. The summed E-state index contributed by atoms with van der Waals surface area (Å²) in [6.45, 7) is 0.964. The monoisotopic (exact) mass is 344 g/mol. The number of hydrogen-bond acceptors (Lipinski definition) is 3. The summed E-state index contributed by atoms with van der Waals surface area (Å²) in [5, 5.41) is 6.14. The number of amides is 2. The molecule has 0 radical (unpaired) electrons. The van der Waals surface area contributed by atoms with Crippen molar-refractivity contribution in [2.24, 2.45) is 23.7 Å². The maximum Gasteiger partial charge on any atom is 0.315 e. The standard InChI is InChI=1S/C20H28N2O3/c1-24-14-5-7-15(8-6-14)25-10-9-21-20(23)22-19-12-13-11-18(19)17-4-2-3-16(13)17/h5-8,13,16-19H,2-4,9-12H2,1H3,(H2,21,22,23)/t13-,16-,17-,18+,19-/m1/s1. The highest BCUT2D eigenvalue weighted by molar-refractivity contribution is 5.74. The molecule has 5 atom stereocenters. The molecule has 2 bridgehead atoms. The van der Waals surface area contributed by atoms with Crippen molar-refractivity contribution in [1.82, 2.24) is 10.6 Å². The van der Waals surface area contributed by atoms with Crippen molar-refractivity contribution in [3.05, 3.63) is 24.3 Å². The summed E-state index contributed by atoms with van der Waals surface area (Å²) in [4.78, 5) is 12.2. The Labute approximate surface area is 149 Å². The first-order valence-corrected chi connectivity index (χ1v) is 9.56. The molecule has 3 aliphatic rings. The summed E-state index contributed by atoms with van der Waals surface area (Å²) in [6, 6.07) is 7.79. The number of methoxy groups -OCH3 is 1. The fourth-order valence-electron chi connectivity index (χ4n) is 5.46. The molecule has 136 valence electrons. The zero-order valence-electron chi connectivity index (χ0n) is 14.9. The van der Waals surface area contributed by atoms with Crippen LogP contribution in [0, 0.1) is 23.7 Å². The van der Waals surface area contributed by atoms with E-state index in [0.29, 0.717) is 19.2 Å². The van der Waals surface area contributed by atoms with Crippen LogP contribution in [0.25, 0.3) is 0 Å². The first-order chi connectivity index (χ1) is 12.2. The molecule has 25 heavy (non-hydrogen) atoms. The third kappa shape index (κ3) is 3.42. The normalized spacial score (nSPS) is 32.3. The van der Waals surface area contributed by atoms with Crippen molar-refractivity contribution in [2.75, 3.05) is 20.3 Å². The number of carbonyl (C=O) groups is 1. The van der Waals surface area contributed by atoms with E-state index in [1.807, 2.05) is 24.3 Å². The fourth-order valence-corrected chi connectivity index (χ4v) is 5.46. The molecule has 5 heteroatoms. The maximum absolute atomic E-state index is 12.2. The van der Waals surface area contributed by atoms with Gasteiger partial charge in [-0.2, -0.15) is 0 Å². The minimum atomic E-state index is -0.0505. The molecular formula is C20H28N2O3. The second-order valence-corrected chi connectivity index (χ2v) is 7.68. The Hall–Kier alpha value is -1.91. The average Bonchev–Trinajstić information content (AvgIpc) is 3.32. The van der Waals surface area contributed by atoms with E-state index in [9.17, 15) is 4.79 Å². The van der Waals surface area contributed by atoms with Crippen LogP contribution < -0.4 is 20.1 Å². The summed E-state index contributed by atoms with van der Waals surface area (Å²) in [6.07, 6.45) is 6.71. The van der Waals surface area contributed by atoms with Gasteiger partial charge in [-0.05, 0) is 73.6 Å².